The third kappa shape index (κ3) is 3.40. The number of aromatic amines is 1. The molecule has 2 aromatic carbocycles. The molecule has 3 aromatic rings. The molecule has 1 aliphatic heterocycles. The van der Waals surface area contributed by atoms with E-state index in [9.17, 15) is 18.7 Å². The Kier molecular flexibility index (Phi) is 4.66. The lowest BCUT2D eigenvalue weighted by Gasteiger charge is -2.37. The van der Waals surface area contributed by atoms with E-state index in [1.165, 1.54) is 13.2 Å². The Morgan fingerprint density at radius 1 is 1.28 bits per heavy atom. The first-order valence-corrected chi connectivity index (χ1v) is 9.05. The van der Waals surface area contributed by atoms with Crippen LogP contribution in [-0.4, -0.2) is 35.3 Å². The first-order chi connectivity index (χ1) is 13.8. The summed E-state index contributed by atoms with van der Waals surface area (Å²) in [5, 5.41) is 13.9. The number of esters is 1. The van der Waals surface area contributed by atoms with Crippen LogP contribution in [0.2, 0.25) is 0 Å². The molecular formula is C21H20F2N2O4. The van der Waals surface area contributed by atoms with E-state index in [0.717, 1.165) is 22.3 Å². The van der Waals surface area contributed by atoms with Crippen LogP contribution >= 0.6 is 0 Å². The Bertz CT molecular complexity index is 1080. The van der Waals surface area contributed by atoms with Gasteiger partial charge < -0.3 is 19.6 Å². The van der Waals surface area contributed by atoms with E-state index in [-0.39, 0.29) is 11.5 Å². The smallest absolute Gasteiger partial charge is 0.387 e. The summed E-state index contributed by atoms with van der Waals surface area (Å²) in [6, 6.07) is 11.0. The van der Waals surface area contributed by atoms with E-state index >= 15 is 0 Å². The van der Waals surface area contributed by atoms with Crippen molar-refractivity contribution in [3.63, 3.8) is 0 Å². The Morgan fingerprint density at radius 3 is 2.76 bits per heavy atom. The first-order valence-electron chi connectivity index (χ1n) is 9.05. The van der Waals surface area contributed by atoms with Gasteiger partial charge >= 0.3 is 12.6 Å². The van der Waals surface area contributed by atoms with Crippen molar-refractivity contribution in [3.05, 3.63) is 59.3 Å². The number of alkyl halides is 2. The molecular weight excluding hydrogens is 382 g/mol. The molecule has 3 N–H and O–H groups in total. The topological polar surface area (TPSA) is 83.6 Å². The second-order valence-corrected chi connectivity index (χ2v) is 7.28. The maximum absolute atomic E-state index is 12.7. The molecule has 0 bridgehead atoms. The number of ether oxygens (including phenoxy) is 2. The van der Waals surface area contributed by atoms with Crippen molar-refractivity contribution in [2.45, 2.75) is 31.5 Å². The molecule has 0 aliphatic carbocycles. The number of halogens is 2. The quantitative estimate of drug-likeness (QED) is 0.581. The minimum Gasteiger partial charge on any atom is -0.508 e. The minimum atomic E-state index is -2.93. The average molecular weight is 402 g/mol. The lowest BCUT2D eigenvalue weighted by Crippen LogP contribution is -2.56. The van der Waals surface area contributed by atoms with Gasteiger partial charge in [-0.3, -0.25) is 10.1 Å². The molecule has 1 aliphatic rings. The van der Waals surface area contributed by atoms with E-state index in [2.05, 4.69) is 15.0 Å². The average Bonchev–Trinajstić information content (AvgIpc) is 3.04. The SMILES string of the molecule is COC(=O)C1(C)Cc2c([nH]c3ccc(OC(F)F)cc23)C(c2cccc(O)c2)N1. The summed E-state index contributed by atoms with van der Waals surface area (Å²) in [5.41, 5.74) is 2.03. The number of nitrogens with one attached hydrogen (secondary N) is 2. The highest BCUT2D eigenvalue weighted by molar-refractivity contribution is 5.89. The fourth-order valence-corrected chi connectivity index (χ4v) is 3.97. The molecule has 0 saturated carbocycles. The lowest BCUT2D eigenvalue weighted by atomic mass is 9.82. The number of phenols is 1. The van der Waals surface area contributed by atoms with Crippen LogP contribution < -0.4 is 10.1 Å². The zero-order valence-electron chi connectivity index (χ0n) is 15.8. The van der Waals surface area contributed by atoms with Crippen LogP contribution in [0.1, 0.15) is 29.8 Å². The molecule has 0 saturated heterocycles. The highest BCUT2D eigenvalue weighted by Gasteiger charge is 2.43. The number of hydrogen-bond acceptors (Lipinski definition) is 5. The number of aromatic nitrogens is 1. The molecule has 8 heteroatoms. The van der Waals surface area contributed by atoms with Crippen LogP contribution in [0.15, 0.2) is 42.5 Å². The number of hydrogen-bond donors (Lipinski definition) is 3. The summed E-state index contributed by atoms with van der Waals surface area (Å²) in [6.07, 6.45) is 0.294. The Hall–Kier alpha value is -3.13. The van der Waals surface area contributed by atoms with E-state index in [1.807, 2.05) is 6.07 Å². The fraction of sp³-hybridized carbons (Fsp3) is 0.286. The molecule has 0 fully saturated rings. The monoisotopic (exact) mass is 402 g/mol. The summed E-state index contributed by atoms with van der Waals surface area (Å²) in [5.74, 6) is -0.302. The standard InChI is InChI=1S/C21H20F2N2O4/c1-21(19(27)28-2)10-15-14-9-13(29-20(22)23)6-7-16(14)24-18(15)17(25-21)11-4-3-5-12(26)8-11/h3-9,17,20,24-26H,10H2,1-2H3. The Labute approximate surface area is 165 Å². The zero-order chi connectivity index (χ0) is 20.8. The van der Waals surface area contributed by atoms with Crippen molar-refractivity contribution < 1.29 is 28.2 Å². The molecule has 2 unspecified atom stereocenters. The summed E-state index contributed by atoms with van der Waals surface area (Å²) in [7, 11) is 1.32. The number of fused-ring (bicyclic) bond motifs is 3. The van der Waals surface area contributed by atoms with Crippen LogP contribution in [0.3, 0.4) is 0 Å². The number of aromatic hydroxyl groups is 1. The van der Waals surface area contributed by atoms with E-state index in [4.69, 9.17) is 4.74 Å². The van der Waals surface area contributed by atoms with Gasteiger partial charge in [0, 0.05) is 23.0 Å². The highest BCUT2D eigenvalue weighted by atomic mass is 19.3. The summed E-state index contributed by atoms with van der Waals surface area (Å²) in [4.78, 5) is 15.9. The van der Waals surface area contributed by atoms with Gasteiger partial charge in [-0.05, 0) is 48.4 Å². The van der Waals surface area contributed by atoms with E-state index in [0.29, 0.717) is 11.8 Å². The van der Waals surface area contributed by atoms with Crippen molar-refractivity contribution >= 4 is 16.9 Å². The van der Waals surface area contributed by atoms with Crippen molar-refractivity contribution in [1.82, 2.24) is 10.3 Å². The van der Waals surface area contributed by atoms with Crippen molar-refractivity contribution in [2.24, 2.45) is 0 Å². The van der Waals surface area contributed by atoms with Gasteiger partial charge in [0.05, 0.1) is 13.2 Å². The van der Waals surface area contributed by atoms with Gasteiger partial charge in [0.2, 0.25) is 0 Å². The lowest BCUT2D eigenvalue weighted by molar-refractivity contribution is -0.148. The molecule has 29 heavy (non-hydrogen) atoms. The van der Waals surface area contributed by atoms with Gasteiger partial charge in [0.1, 0.15) is 17.0 Å². The van der Waals surface area contributed by atoms with Crippen LogP contribution in [0.25, 0.3) is 10.9 Å². The normalized spacial score (nSPS) is 21.2. The number of phenolic OH excluding ortho intramolecular Hbond substituents is 1. The van der Waals surface area contributed by atoms with Gasteiger partial charge in [-0.1, -0.05) is 12.1 Å². The second kappa shape index (κ2) is 7.04. The molecule has 4 rings (SSSR count). The number of H-pyrrole nitrogens is 1. The number of methoxy groups -OCH3 is 1. The summed E-state index contributed by atoms with van der Waals surface area (Å²) < 4.78 is 34.9. The third-order valence-corrected chi connectivity index (χ3v) is 5.26. The predicted molar refractivity (Wildman–Crippen MR) is 102 cm³/mol. The summed E-state index contributed by atoms with van der Waals surface area (Å²) in [6.45, 7) is -1.19. The molecule has 2 heterocycles. The predicted octanol–water partition coefficient (Wildman–Crippen LogP) is 3.64. The van der Waals surface area contributed by atoms with Gasteiger partial charge in [0.15, 0.2) is 0 Å². The van der Waals surface area contributed by atoms with Gasteiger partial charge in [-0.2, -0.15) is 8.78 Å². The molecule has 1 aromatic heterocycles. The largest absolute Gasteiger partial charge is 0.508 e. The van der Waals surface area contributed by atoms with Crippen LogP contribution in [0, 0.1) is 0 Å². The molecule has 0 amide bonds. The second-order valence-electron chi connectivity index (χ2n) is 7.28. The van der Waals surface area contributed by atoms with Gasteiger partial charge in [-0.15, -0.1) is 0 Å². The number of carbonyl (C=O) groups excluding carboxylic acids is 1. The summed E-state index contributed by atoms with van der Waals surface area (Å²) >= 11 is 0. The molecule has 6 nitrogen and oxygen atoms in total. The number of benzene rings is 2. The van der Waals surface area contributed by atoms with Crippen molar-refractivity contribution in [1.29, 1.82) is 0 Å². The molecule has 0 spiro atoms. The molecule has 2 atom stereocenters. The van der Waals surface area contributed by atoms with Gasteiger partial charge in [0.25, 0.3) is 0 Å². The van der Waals surface area contributed by atoms with Crippen molar-refractivity contribution in [3.8, 4) is 11.5 Å². The van der Waals surface area contributed by atoms with Gasteiger partial charge in [-0.25, -0.2) is 0 Å². The third-order valence-electron chi connectivity index (χ3n) is 5.26. The Balaban J connectivity index is 1.90. The fourth-order valence-electron chi connectivity index (χ4n) is 3.97. The molecule has 0 radical (unpaired) electrons. The van der Waals surface area contributed by atoms with Crippen LogP contribution in [-0.2, 0) is 16.0 Å². The van der Waals surface area contributed by atoms with Crippen molar-refractivity contribution in [2.75, 3.05) is 7.11 Å². The first kappa shape index (κ1) is 19.2. The minimum absolute atomic E-state index is 0.0431. The zero-order valence-corrected chi connectivity index (χ0v) is 15.8. The maximum atomic E-state index is 12.7. The van der Waals surface area contributed by atoms with Crippen LogP contribution in [0.5, 0.6) is 11.5 Å². The van der Waals surface area contributed by atoms with E-state index in [1.54, 1.807) is 37.3 Å². The maximum Gasteiger partial charge on any atom is 0.387 e. The highest BCUT2D eigenvalue weighted by Crippen LogP contribution is 2.40. The van der Waals surface area contributed by atoms with E-state index < -0.39 is 24.2 Å². The number of rotatable bonds is 4. The van der Waals surface area contributed by atoms with Crippen LogP contribution in [0.4, 0.5) is 8.78 Å². The Morgan fingerprint density at radius 2 is 2.07 bits per heavy atom. The number of carbonyl (C=O) groups is 1. The molecule has 152 valence electrons.